The summed E-state index contributed by atoms with van der Waals surface area (Å²) in [6, 6.07) is 14.5. The Balaban J connectivity index is 1.90. The van der Waals surface area contributed by atoms with E-state index in [0.717, 1.165) is 16.9 Å². The first kappa shape index (κ1) is 20.5. The van der Waals surface area contributed by atoms with Crippen LogP contribution in [-0.2, 0) is 11.2 Å². The zero-order valence-corrected chi connectivity index (χ0v) is 16.4. The van der Waals surface area contributed by atoms with Gasteiger partial charge in [-0.05, 0) is 49.1 Å². The zero-order chi connectivity index (χ0) is 19.8. The summed E-state index contributed by atoms with van der Waals surface area (Å²) in [6.07, 6.45) is 0.715. The van der Waals surface area contributed by atoms with Crippen molar-refractivity contribution >= 4 is 11.8 Å². The second-order valence-electron chi connectivity index (χ2n) is 6.95. The minimum absolute atomic E-state index is 0.0141. The van der Waals surface area contributed by atoms with Crippen LogP contribution in [0.4, 0.5) is 0 Å². The summed E-state index contributed by atoms with van der Waals surface area (Å²) < 4.78 is 5.14. The Bertz CT molecular complexity index is 769. The van der Waals surface area contributed by atoms with Crippen LogP contribution >= 0.6 is 0 Å². The van der Waals surface area contributed by atoms with Crippen LogP contribution in [0.15, 0.2) is 48.5 Å². The van der Waals surface area contributed by atoms with Crippen LogP contribution in [0, 0.1) is 12.8 Å². The number of methoxy groups -OCH3 is 1. The first-order valence-electron chi connectivity index (χ1n) is 9.19. The highest BCUT2D eigenvalue weighted by Crippen LogP contribution is 2.11. The fourth-order valence-corrected chi connectivity index (χ4v) is 2.78. The van der Waals surface area contributed by atoms with Crippen molar-refractivity contribution in [1.29, 1.82) is 0 Å². The molecule has 0 spiro atoms. The molecule has 0 aliphatic rings. The molecule has 0 aliphatic carbocycles. The highest BCUT2D eigenvalue weighted by Gasteiger charge is 2.24. The number of amides is 2. The lowest BCUT2D eigenvalue weighted by Crippen LogP contribution is -2.50. The summed E-state index contributed by atoms with van der Waals surface area (Å²) in [6.45, 7) is 6.28. The standard InChI is InChI=1S/C22H28N2O3/c1-15(2)20(24-21(25)18-7-5-6-16(3)14-18)22(26)23-13-12-17-8-10-19(27-4)11-9-17/h5-11,14-15,20H,12-13H2,1-4H3,(H,23,26)(H,24,25). The molecule has 2 aromatic rings. The van der Waals surface area contributed by atoms with Crippen molar-refractivity contribution < 1.29 is 14.3 Å². The maximum Gasteiger partial charge on any atom is 0.251 e. The van der Waals surface area contributed by atoms with Crippen molar-refractivity contribution in [3.8, 4) is 5.75 Å². The molecular weight excluding hydrogens is 340 g/mol. The molecule has 0 aliphatic heterocycles. The summed E-state index contributed by atoms with van der Waals surface area (Å²) in [5.41, 5.74) is 2.68. The van der Waals surface area contributed by atoms with Crippen LogP contribution in [-0.4, -0.2) is 31.5 Å². The summed E-state index contributed by atoms with van der Waals surface area (Å²) in [5, 5.41) is 5.78. The number of hydrogen-bond acceptors (Lipinski definition) is 3. The molecule has 0 fully saturated rings. The normalized spacial score (nSPS) is 11.7. The largest absolute Gasteiger partial charge is 0.497 e. The van der Waals surface area contributed by atoms with Gasteiger partial charge in [0.05, 0.1) is 7.11 Å². The van der Waals surface area contributed by atoms with Gasteiger partial charge in [-0.2, -0.15) is 0 Å². The first-order valence-corrected chi connectivity index (χ1v) is 9.19. The number of rotatable bonds is 8. The van der Waals surface area contributed by atoms with E-state index >= 15 is 0 Å². The van der Waals surface area contributed by atoms with Gasteiger partial charge < -0.3 is 15.4 Å². The van der Waals surface area contributed by atoms with Crippen molar-refractivity contribution in [2.75, 3.05) is 13.7 Å². The lowest BCUT2D eigenvalue weighted by Gasteiger charge is -2.22. The predicted molar refractivity (Wildman–Crippen MR) is 107 cm³/mol. The Hall–Kier alpha value is -2.82. The van der Waals surface area contributed by atoms with Gasteiger partial charge in [-0.1, -0.05) is 43.7 Å². The van der Waals surface area contributed by atoms with E-state index in [1.54, 1.807) is 13.2 Å². The molecule has 0 bridgehead atoms. The summed E-state index contributed by atoms with van der Waals surface area (Å²) in [4.78, 5) is 25.0. The van der Waals surface area contributed by atoms with Gasteiger partial charge in [-0.3, -0.25) is 9.59 Å². The maximum absolute atomic E-state index is 12.6. The SMILES string of the molecule is COc1ccc(CCNC(=O)C(NC(=O)c2cccc(C)c2)C(C)C)cc1. The molecule has 0 saturated heterocycles. The van der Waals surface area contributed by atoms with E-state index in [2.05, 4.69) is 10.6 Å². The molecule has 5 heteroatoms. The van der Waals surface area contributed by atoms with Crippen LogP contribution in [0.2, 0.25) is 0 Å². The Kier molecular flexibility index (Phi) is 7.41. The van der Waals surface area contributed by atoms with Crippen molar-refractivity contribution in [2.45, 2.75) is 33.2 Å². The fraction of sp³-hybridized carbons (Fsp3) is 0.364. The van der Waals surface area contributed by atoms with Crippen molar-refractivity contribution in [3.05, 3.63) is 65.2 Å². The van der Waals surface area contributed by atoms with Crippen LogP contribution in [0.3, 0.4) is 0 Å². The lowest BCUT2D eigenvalue weighted by molar-refractivity contribution is -0.123. The maximum atomic E-state index is 12.6. The number of nitrogens with one attached hydrogen (secondary N) is 2. The first-order chi connectivity index (χ1) is 12.9. The minimum atomic E-state index is -0.575. The molecule has 1 unspecified atom stereocenters. The van der Waals surface area contributed by atoms with Crippen molar-refractivity contribution in [3.63, 3.8) is 0 Å². The van der Waals surface area contributed by atoms with E-state index in [9.17, 15) is 9.59 Å². The number of carbonyl (C=O) groups excluding carboxylic acids is 2. The second-order valence-corrected chi connectivity index (χ2v) is 6.95. The third-order valence-electron chi connectivity index (χ3n) is 4.39. The number of ether oxygens (including phenoxy) is 1. The molecule has 1 atom stereocenters. The van der Waals surface area contributed by atoms with Crippen LogP contribution in [0.25, 0.3) is 0 Å². The lowest BCUT2D eigenvalue weighted by atomic mass is 10.0. The molecule has 2 rings (SSSR count). The van der Waals surface area contributed by atoms with Crippen molar-refractivity contribution in [1.82, 2.24) is 10.6 Å². The Morgan fingerprint density at radius 1 is 1.07 bits per heavy atom. The monoisotopic (exact) mass is 368 g/mol. The van der Waals surface area contributed by atoms with Gasteiger partial charge >= 0.3 is 0 Å². The predicted octanol–water partition coefficient (Wildman–Crippen LogP) is 3.12. The van der Waals surface area contributed by atoms with E-state index in [0.29, 0.717) is 18.5 Å². The van der Waals surface area contributed by atoms with E-state index in [1.165, 1.54) is 0 Å². The van der Waals surface area contributed by atoms with E-state index in [4.69, 9.17) is 4.74 Å². The van der Waals surface area contributed by atoms with E-state index in [1.807, 2.05) is 63.2 Å². The van der Waals surface area contributed by atoms with E-state index < -0.39 is 6.04 Å². The van der Waals surface area contributed by atoms with Gasteiger partial charge in [0, 0.05) is 12.1 Å². The number of benzene rings is 2. The molecule has 0 radical (unpaired) electrons. The summed E-state index contributed by atoms with van der Waals surface area (Å²) in [5.74, 6) is 0.392. The fourth-order valence-electron chi connectivity index (χ4n) is 2.78. The summed E-state index contributed by atoms with van der Waals surface area (Å²) in [7, 11) is 1.63. The Labute approximate surface area is 161 Å². The average molecular weight is 368 g/mol. The minimum Gasteiger partial charge on any atom is -0.497 e. The molecule has 0 heterocycles. The topological polar surface area (TPSA) is 67.4 Å². The van der Waals surface area contributed by atoms with Crippen LogP contribution in [0.1, 0.15) is 35.3 Å². The van der Waals surface area contributed by atoms with Gasteiger partial charge in [-0.15, -0.1) is 0 Å². The Morgan fingerprint density at radius 3 is 2.37 bits per heavy atom. The van der Waals surface area contributed by atoms with Gasteiger partial charge in [0.25, 0.3) is 5.91 Å². The van der Waals surface area contributed by atoms with Crippen LogP contribution < -0.4 is 15.4 Å². The molecule has 5 nitrogen and oxygen atoms in total. The third-order valence-corrected chi connectivity index (χ3v) is 4.39. The molecule has 27 heavy (non-hydrogen) atoms. The van der Waals surface area contributed by atoms with Gasteiger partial charge in [0.1, 0.15) is 11.8 Å². The highest BCUT2D eigenvalue weighted by atomic mass is 16.5. The number of aryl methyl sites for hydroxylation is 1. The smallest absolute Gasteiger partial charge is 0.251 e. The van der Waals surface area contributed by atoms with Gasteiger partial charge in [-0.25, -0.2) is 0 Å². The average Bonchev–Trinajstić information content (AvgIpc) is 2.66. The van der Waals surface area contributed by atoms with Crippen molar-refractivity contribution in [2.24, 2.45) is 5.92 Å². The van der Waals surface area contributed by atoms with E-state index in [-0.39, 0.29) is 17.7 Å². The molecule has 144 valence electrons. The molecule has 0 saturated carbocycles. The molecule has 2 aromatic carbocycles. The number of carbonyl (C=O) groups is 2. The Morgan fingerprint density at radius 2 is 1.78 bits per heavy atom. The molecule has 2 amide bonds. The molecule has 0 aromatic heterocycles. The third kappa shape index (κ3) is 6.13. The zero-order valence-electron chi connectivity index (χ0n) is 16.4. The summed E-state index contributed by atoms with van der Waals surface area (Å²) >= 11 is 0. The van der Waals surface area contributed by atoms with Crippen LogP contribution in [0.5, 0.6) is 5.75 Å². The van der Waals surface area contributed by atoms with Gasteiger partial charge in [0.2, 0.25) is 5.91 Å². The molecule has 2 N–H and O–H groups in total. The second kappa shape index (κ2) is 9.76. The highest BCUT2D eigenvalue weighted by molar-refractivity contribution is 5.97. The quantitative estimate of drug-likeness (QED) is 0.752. The molecular formula is C22H28N2O3. The number of hydrogen-bond donors (Lipinski definition) is 2. The van der Waals surface area contributed by atoms with Gasteiger partial charge in [0.15, 0.2) is 0 Å².